The van der Waals surface area contributed by atoms with E-state index >= 15 is 0 Å². The van der Waals surface area contributed by atoms with Crippen LogP contribution in [0.4, 0.5) is 11.5 Å². The first-order chi connectivity index (χ1) is 11.2. The molecule has 5 nitrogen and oxygen atoms in total. The van der Waals surface area contributed by atoms with Crippen molar-refractivity contribution in [3.8, 4) is 0 Å². The number of nitrogens with zero attached hydrogens (tertiary/aromatic N) is 3. The van der Waals surface area contributed by atoms with Crippen LogP contribution in [0.5, 0.6) is 0 Å². The van der Waals surface area contributed by atoms with Crippen LogP contribution in [0.3, 0.4) is 0 Å². The number of benzene rings is 1. The summed E-state index contributed by atoms with van der Waals surface area (Å²) in [6.45, 7) is 2.09. The van der Waals surface area contributed by atoms with Gasteiger partial charge in [-0.05, 0) is 49.2 Å². The number of thioether (sulfide) groups is 1. The fourth-order valence-electron chi connectivity index (χ4n) is 2.37. The molecule has 1 fully saturated rings. The van der Waals surface area contributed by atoms with E-state index < -0.39 is 0 Å². The fourth-order valence-corrected chi connectivity index (χ4v) is 3.11. The Morgan fingerprint density at radius 3 is 2.52 bits per heavy atom. The highest BCUT2D eigenvalue weighted by atomic mass is 35.5. The molecule has 1 aromatic heterocycles. The lowest BCUT2D eigenvalue weighted by Gasteiger charge is -2.15. The van der Waals surface area contributed by atoms with E-state index in [1.54, 1.807) is 24.3 Å². The minimum Gasteiger partial charge on any atom is -0.355 e. The first-order valence-electron chi connectivity index (χ1n) is 7.47. The summed E-state index contributed by atoms with van der Waals surface area (Å²) in [5.41, 5.74) is 0.732. The molecule has 0 radical (unpaired) electrons. The lowest BCUT2D eigenvalue weighted by molar-refractivity contribution is -0.113. The molecule has 0 aliphatic carbocycles. The van der Waals surface area contributed by atoms with Gasteiger partial charge in [-0.2, -0.15) is 0 Å². The highest BCUT2D eigenvalue weighted by molar-refractivity contribution is 7.99. The van der Waals surface area contributed by atoms with Crippen LogP contribution < -0.4 is 10.2 Å². The summed E-state index contributed by atoms with van der Waals surface area (Å²) < 4.78 is 0. The molecule has 1 saturated heterocycles. The molecule has 1 N–H and O–H groups in total. The average Bonchev–Trinajstić information content (AvgIpc) is 3.10. The summed E-state index contributed by atoms with van der Waals surface area (Å²) in [4.78, 5) is 14.2. The van der Waals surface area contributed by atoms with Gasteiger partial charge in [0.15, 0.2) is 5.82 Å². The highest BCUT2D eigenvalue weighted by Gasteiger charge is 2.14. The van der Waals surface area contributed by atoms with Crippen LogP contribution >= 0.6 is 23.4 Å². The van der Waals surface area contributed by atoms with Gasteiger partial charge in [-0.1, -0.05) is 23.4 Å². The molecule has 3 rings (SSSR count). The molecule has 120 valence electrons. The third-order valence-corrected chi connectivity index (χ3v) is 4.71. The zero-order valence-corrected chi connectivity index (χ0v) is 14.1. The molecule has 7 heteroatoms. The van der Waals surface area contributed by atoms with Crippen LogP contribution in [0, 0.1) is 0 Å². The molecular formula is C16H17ClN4OS. The molecule has 1 aliphatic heterocycles. The fraction of sp³-hybridized carbons (Fsp3) is 0.312. The molecule has 0 spiro atoms. The number of nitrogens with one attached hydrogen (secondary N) is 1. The molecule has 0 atom stereocenters. The standard InChI is InChI=1S/C16H17ClN4OS/c17-12-3-5-13(6-4-12)18-15(22)11-23-16-8-7-14(19-20-16)21-9-1-2-10-21/h3-8H,1-2,9-11H2,(H,18,22). The maximum atomic E-state index is 11.9. The van der Waals surface area contributed by atoms with E-state index in [1.165, 1.54) is 24.6 Å². The number of carbonyl (C=O) groups excluding carboxylic acids is 1. The van der Waals surface area contributed by atoms with Crippen molar-refractivity contribution in [2.45, 2.75) is 17.9 Å². The first-order valence-corrected chi connectivity index (χ1v) is 8.84. The summed E-state index contributed by atoms with van der Waals surface area (Å²) in [5, 5.41) is 12.6. The third kappa shape index (κ3) is 4.59. The normalized spacial score (nSPS) is 14.0. The van der Waals surface area contributed by atoms with E-state index in [-0.39, 0.29) is 5.91 Å². The van der Waals surface area contributed by atoms with E-state index in [4.69, 9.17) is 11.6 Å². The van der Waals surface area contributed by atoms with Crippen molar-refractivity contribution in [3.63, 3.8) is 0 Å². The number of aromatic nitrogens is 2. The van der Waals surface area contributed by atoms with Crippen LogP contribution in [0.15, 0.2) is 41.4 Å². The smallest absolute Gasteiger partial charge is 0.234 e. The zero-order chi connectivity index (χ0) is 16.1. The van der Waals surface area contributed by atoms with Crippen molar-refractivity contribution >= 4 is 40.8 Å². The molecule has 2 aromatic rings. The molecule has 2 heterocycles. The minimum atomic E-state index is -0.0808. The summed E-state index contributed by atoms with van der Waals surface area (Å²) >= 11 is 7.19. The molecule has 1 aliphatic rings. The van der Waals surface area contributed by atoms with Gasteiger partial charge < -0.3 is 10.2 Å². The van der Waals surface area contributed by atoms with Gasteiger partial charge in [-0.25, -0.2) is 0 Å². The maximum absolute atomic E-state index is 11.9. The Bertz CT molecular complexity index is 657. The Labute approximate surface area is 144 Å². The largest absolute Gasteiger partial charge is 0.355 e. The molecule has 1 aromatic carbocycles. The Hall–Kier alpha value is -1.79. The van der Waals surface area contributed by atoms with E-state index in [2.05, 4.69) is 20.4 Å². The van der Waals surface area contributed by atoms with Crippen LogP contribution in [-0.2, 0) is 4.79 Å². The number of rotatable bonds is 5. The zero-order valence-electron chi connectivity index (χ0n) is 12.5. The summed E-state index contributed by atoms with van der Waals surface area (Å²) in [6.07, 6.45) is 2.42. The Morgan fingerprint density at radius 2 is 1.87 bits per heavy atom. The molecule has 0 bridgehead atoms. The van der Waals surface area contributed by atoms with Gasteiger partial charge in [-0.15, -0.1) is 10.2 Å². The highest BCUT2D eigenvalue weighted by Crippen LogP contribution is 2.20. The van der Waals surface area contributed by atoms with Gasteiger partial charge in [0.05, 0.1) is 5.75 Å². The van der Waals surface area contributed by atoms with Gasteiger partial charge in [0, 0.05) is 23.8 Å². The van der Waals surface area contributed by atoms with Crippen LogP contribution in [0.2, 0.25) is 5.02 Å². The van der Waals surface area contributed by atoms with E-state index in [0.717, 1.165) is 29.6 Å². The predicted molar refractivity (Wildman–Crippen MR) is 94.3 cm³/mol. The number of hydrogen-bond acceptors (Lipinski definition) is 5. The molecule has 0 unspecified atom stereocenters. The van der Waals surface area contributed by atoms with Crippen molar-refractivity contribution < 1.29 is 4.79 Å². The van der Waals surface area contributed by atoms with Crippen molar-refractivity contribution in [2.75, 3.05) is 29.1 Å². The number of hydrogen-bond donors (Lipinski definition) is 1. The monoisotopic (exact) mass is 348 g/mol. The van der Waals surface area contributed by atoms with Gasteiger partial charge in [0.1, 0.15) is 5.03 Å². The van der Waals surface area contributed by atoms with E-state index in [1.807, 2.05) is 12.1 Å². The summed E-state index contributed by atoms with van der Waals surface area (Å²) in [6, 6.07) is 10.9. The summed E-state index contributed by atoms with van der Waals surface area (Å²) in [5.74, 6) is 1.13. The minimum absolute atomic E-state index is 0.0808. The Kier molecular flexibility index (Phi) is 5.35. The topological polar surface area (TPSA) is 58.1 Å². The lowest BCUT2D eigenvalue weighted by Crippen LogP contribution is -2.19. The van der Waals surface area contributed by atoms with Crippen molar-refractivity contribution in [3.05, 3.63) is 41.4 Å². The number of carbonyl (C=O) groups is 1. The van der Waals surface area contributed by atoms with Gasteiger partial charge >= 0.3 is 0 Å². The maximum Gasteiger partial charge on any atom is 0.234 e. The SMILES string of the molecule is O=C(CSc1ccc(N2CCCC2)nn1)Nc1ccc(Cl)cc1. The van der Waals surface area contributed by atoms with Gasteiger partial charge in [0.25, 0.3) is 0 Å². The lowest BCUT2D eigenvalue weighted by atomic mass is 10.3. The predicted octanol–water partition coefficient (Wildman–Crippen LogP) is 3.46. The van der Waals surface area contributed by atoms with Crippen LogP contribution in [-0.4, -0.2) is 34.9 Å². The summed E-state index contributed by atoms with van der Waals surface area (Å²) in [7, 11) is 0. The first kappa shape index (κ1) is 16.1. The number of anilines is 2. The third-order valence-electron chi connectivity index (χ3n) is 3.54. The Balaban J connectivity index is 1.49. The van der Waals surface area contributed by atoms with Crippen molar-refractivity contribution in [1.29, 1.82) is 0 Å². The van der Waals surface area contributed by atoms with Crippen LogP contribution in [0.25, 0.3) is 0 Å². The average molecular weight is 349 g/mol. The Morgan fingerprint density at radius 1 is 1.13 bits per heavy atom. The number of halogens is 1. The molecule has 1 amide bonds. The van der Waals surface area contributed by atoms with E-state index in [9.17, 15) is 4.79 Å². The number of amides is 1. The van der Waals surface area contributed by atoms with Gasteiger partial charge in [-0.3, -0.25) is 4.79 Å². The van der Waals surface area contributed by atoms with E-state index in [0.29, 0.717) is 10.8 Å². The molecule has 0 saturated carbocycles. The van der Waals surface area contributed by atoms with Crippen molar-refractivity contribution in [1.82, 2.24) is 10.2 Å². The molecular weight excluding hydrogens is 332 g/mol. The van der Waals surface area contributed by atoms with Crippen LogP contribution in [0.1, 0.15) is 12.8 Å². The van der Waals surface area contributed by atoms with Crippen molar-refractivity contribution in [2.24, 2.45) is 0 Å². The molecule has 23 heavy (non-hydrogen) atoms. The van der Waals surface area contributed by atoms with Gasteiger partial charge in [0.2, 0.25) is 5.91 Å². The second-order valence-corrected chi connectivity index (χ2v) is 6.70. The second kappa shape index (κ2) is 7.66. The second-order valence-electron chi connectivity index (χ2n) is 5.27. The quantitative estimate of drug-likeness (QED) is 0.838.